The molecule has 0 aromatic heterocycles. The van der Waals surface area contributed by atoms with Crippen molar-refractivity contribution in [3.8, 4) is 11.5 Å². The molecular weight excluding hydrogens is 597 g/mol. The Balaban J connectivity index is 1.19. The average Bonchev–Trinajstić information content (AvgIpc) is 3.43. The monoisotopic (exact) mass is 629 g/mol. The first-order valence-electron chi connectivity index (χ1n) is 14.5. The summed E-state index contributed by atoms with van der Waals surface area (Å²) in [6.45, 7) is 4.54. The highest BCUT2D eigenvalue weighted by Crippen LogP contribution is 2.34. The van der Waals surface area contributed by atoms with Crippen LogP contribution in [0.1, 0.15) is 48.2 Å². The van der Waals surface area contributed by atoms with E-state index in [1.165, 1.54) is 11.1 Å². The summed E-state index contributed by atoms with van der Waals surface area (Å²) in [6.07, 6.45) is -0.889. The number of hydrogen-bond acceptors (Lipinski definition) is 5. The van der Waals surface area contributed by atoms with Gasteiger partial charge in [-0.05, 0) is 71.8 Å². The molecule has 1 aliphatic rings. The normalized spacial score (nSPS) is 15.6. The van der Waals surface area contributed by atoms with Crippen molar-refractivity contribution in [3.05, 3.63) is 125 Å². The molecule has 1 saturated heterocycles. The minimum absolute atomic E-state index is 0.00844. The minimum Gasteiger partial charge on any atom is -0.457 e. The Morgan fingerprint density at radius 2 is 1.45 bits per heavy atom. The van der Waals surface area contributed by atoms with Gasteiger partial charge >= 0.3 is 5.97 Å². The first-order valence-corrected chi connectivity index (χ1v) is 15.4. The smallest absolute Gasteiger partial charge is 0.312 e. The number of carbonyl (C=O) groups is 3. The minimum atomic E-state index is -1.04. The number of amides is 1. The summed E-state index contributed by atoms with van der Waals surface area (Å²) in [4.78, 5) is 40.4. The van der Waals surface area contributed by atoms with Crippen LogP contribution in [0.4, 0.5) is 5.69 Å². The number of rotatable bonds is 11. The molecule has 4 aromatic carbocycles. The van der Waals surface area contributed by atoms with E-state index in [1.807, 2.05) is 30.3 Å². The number of alkyl halides is 1. The molecule has 1 heterocycles. The summed E-state index contributed by atoms with van der Waals surface area (Å²) in [5.74, 6) is -0.402. The predicted octanol–water partition coefficient (Wildman–Crippen LogP) is 8.23. The summed E-state index contributed by atoms with van der Waals surface area (Å²) in [5.41, 5.74) is 3.28. The topological polar surface area (TPSA) is 72.9 Å². The molecule has 0 radical (unpaired) electrons. The van der Waals surface area contributed by atoms with Gasteiger partial charge in [-0.3, -0.25) is 14.4 Å². The molecule has 0 bridgehead atoms. The van der Waals surface area contributed by atoms with Crippen LogP contribution in [0.2, 0.25) is 5.02 Å². The Bertz CT molecular complexity index is 1600. The van der Waals surface area contributed by atoms with Gasteiger partial charge in [0.2, 0.25) is 11.7 Å². The number of esters is 1. The van der Waals surface area contributed by atoms with E-state index in [2.05, 4.69) is 38.1 Å². The zero-order valence-electron chi connectivity index (χ0n) is 24.5. The third-order valence-corrected chi connectivity index (χ3v) is 8.44. The van der Waals surface area contributed by atoms with Crippen molar-refractivity contribution in [2.45, 2.75) is 38.2 Å². The van der Waals surface area contributed by atoms with Crippen LogP contribution in [0, 0.1) is 5.92 Å². The van der Waals surface area contributed by atoms with Crippen molar-refractivity contribution in [2.24, 2.45) is 5.92 Å². The standard InChI is InChI=1S/C36H33Cl2NO5/c1-36(2,26-6-4-3-5-7-26)27-10-16-30(17-11-27)43-31-18-14-29(15-19-31)39-23-25(22-33(39)40)35(42)44-32(20-21-37)34(41)24-8-12-28(38)13-9-24/h3-19,25,32H,20-23H2,1-2H3/t25-,32+/m0/s1. The maximum Gasteiger partial charge on any atom is 0.312 e. The SMILES string of the molecule is CC(C)(c1ccccc1)c1ccc(Oc2ccc(N3C[C@@H](C(=O)O[C@H](CCCl)C(=O)c4ccc(Cl)cc4)CC3=O)cc2)cc1. The molecule has 4 aromatic rings. The van der Waals surface area contributed by atoms with Crippen LogP contribution in [-0.4, -0.2) is 36.2 Å². The van der Waals surface area contributed by atoms with Crippen molar-refractivity contribution in [1.29, 1.82) is 0 Å². The summed E-state index contributed by atoms with van der Waals surface area (Å²) in [7, 11) is 0. The van der Waals surface area contributed by atoms with Gasteiger partial charge in [0.05, 0.1) is 5.92 Å². The average molecular weight is 631 g/mol. The largest absolute Gasteiger partial charge is 0.457 e. The van der Waals surface area contributed by atoms with E-state index in [9.17, 15) is 14.4 Å². The van der Waals surface area contributed by atoms with Gasteiger partial charge in [0, 0.05) is 47.0 Å². The molecular formula is C36H33Cl2NO5. The zero-order valence-corrected chi connectivity index (χ0v) is 26.1. The molecule has 1 aliphatic heterocycles. The maximum absolute atomic E-state index is 13.0. The number of ketones is 1. The number of anilines is 1. The van der Waals surface area contributed by atoms with Crippen LogP contribution in [0.15, 0.2) is 103 Å². The number of ether oxygens (including phenoxy) is 2. The van der Waals surface area contributed by atoms with Gasteiger partial charge in [0.25, 0.3) is 0 Å². The fraction of sp³-hybridized carbons (Fsp3) is 0.250. The fourth-order valence-electron chi connectivity index (χ4n) is 5.29. The maximum atomic E-state index is 13.0. The Morgan fingerprint density at radius 3 is 2.07 bits per heavy atom. The number of carbonyl (C=O) groups excluding carboxylic acids is 3. The predicted molar refractivity (Wildman–Crippen MR) is 173 cm³/mol. The van der Waals surface area contributed by atoms with Crippen molar-refractivity contribution in [2.75, 3.05) is 17.3 Å². The Labute approximate surface area is 267 Å². The Hall–Kier alpha value is -4.13. The Kier molecular flexibility index (Phi) is 9.72. The highest BCUT2D eigenvalue weighted by atomic mass is 35.5. The molecule has 0 N–H and O–H groups in total. The quantitative estimate of drug-likeness (QED) is 0.0949. The highest BCUT2D eigenvalue weighted by molar-refractivity contribution is 6.30. The number of halogens is 2. The molecule has 2 atom stereocenters. The van der Waals surface area contributed by atoms with E-state index in [-0.39, 0.29) is 42.4 Å². The first kappa shape index (κ1) is 31.3. The molecule has 5 rings (SSSR count). The van der Waals surface area contributed by atoms with Crippen LogP contribution in [-0.2, 0) is 19.7 Å². The van der Waals surface area contributed by atoms with Crippen LogP contribution in [0.25, 0.3) is 0 Å². The molecule has 0 unspecified atom stereocenters. The van der Waals surface area contributed by atoms with E-state index in [0.29, 0.717) is 27.8 Å². The third-order valence-electron chi connectivity index (χ3n) is 7.96. The first-order chi connectivity index (χ1) is 21.2. The van der Waals surface area contributed by atoms with Gasteiger partial charge in [-0.2, -0.15) is 0 Å². The number of Topliss-reactive ketones (excluding diaryl/α,β-unsaturated/α-hetero) is 1. The fourth-order valence-corrected chi connectivity index (χ4v) is 5.61. The lowest BCUT2D eigenvalue weighted by molar-refractivity contribution is -0.151. The van der Waals surface area contributed by atoms with Crippen LogP contribution < -0.4 is 9.64 Å². The van der Waals surface area contributed by atoms with Gasteiger partial charge in [-0.1, -0.05) is 67.9 Å². The molecule has 0 saturated carbocycles. The molecule has 8 heteroatoms. The van der Waals surface area contributed by atoms with E-state index in [4.69, 9.17) is 32.7 Å². The molecule has 0 aliphatic carbocycles. The van der Waals surface area contributed by atoms with E-state index < -0.39 is 18.0 Å². The van der Waals surface area contributed by atoms with E-state index in [1.54, 1.807) is 53.4 Å². The summed E-state index contributed by atoms with van der Waals surface area (Å²) >= 11 is 11.8. The van der Waals surface area contributed by atoms with E-state index >= 15 is 0 Å². The van der Waals surface area contributed by atoms with Gasteiger partial charge < -0.3 is 14.4 Å². The lowest BCUT2D eigenvalue weighted by Crippen LogP contribution is -2.32. The van der Waals surface area contributed by atoms with Crippen LogP contribution in [0.5, 0.6) is 11.5 Å². The Morgan fingerprint density at radius 1 is 0.864 bits per heavy atom. The number of nitrogens with zero attached hydrogens (tertiary/aromatic N) is 1. The summed E-state index contributed by atoms with van der Waals surface area (Å²) in [6, 6.07) is 31.9. The van der Waals surface area contributed by atoms with E-state index in [0.717, 1.165) is 0 Å². The van der Waals surface area contributed by atoms with Crippen molar-refractivity contribution < 1.29 is 23.9 Å². The highest BCUT2D eigenvalue weighted by Gasteiger charge is 2.38. The van der Waals surface area contributed by atoms with Gasteiger partial charge in [0.15, 0.2) is 6.10 Å². The number of benzene rings is 4. The van der Waals surface area contributed by atoms with Crippen molar-refractivity contribution >= 4 is 46.5 Å². The number of hydrogen-bond donors (Lipinski definition) is 0. The lowest BCUT2D eigenvalue weighted by Gasteiger charge is -2.26. The van der Waals surface area contributed by atoms with Crippen molar-refractivity contribution in [3.63, 3.8) is 0 Å². The zero-order chi connectivity index (χ0) is 31.3. The summed E-state index contributed by atoms with van der Waals surface area (Å²) < 4.78 is 11.6. The second-order valence-corrected chi connectivity index (χ2v) is 12.1. The van der Waals surface area contributed by atoms with Crippen molar-refractivity contribution in [1.82, 2.24) is 0 Å². The lowest BCUT2D eigenvalue weighted by atomic mass is 9.78. The van der Waals surface area contributed by atoms with Crippen LogP contribution >= 0.6 is 23.2 Å². The van der Waals surface area contributed by atoms with Gasteiger partial charge in [0.1, 0.15) is 11.5 Å². The summed E-state index contributed by atoms with van der Waals surface area (Å²) in [5, 5.41) is 0.494. The molecule has 0 spiro atoms. The van der Waals surface area contributed by atoms with Crippen LogP contribution in [0.3, 0.4) is 0 Å². The second kappa shape index (κ2) is 13.7. The molecule has 44 heavy (non-hydrogen) atoms. The molecule has 1 fully saturated rings. The third kappa shape index (κ3) is 7.15. The molecule has 226 valence electrons. The second-order valence-electron chi connectivity index (χ2n) is 11.3. The molecule has 6 nitrogen and oxygen atoms in total. The van der Waals surface area contributed by atoms with Gasteiger partial charge in [-0.25, -0.2) is 0 Å². The van der Waals surface area contributed by atoms with Gasteiger partial charge in [-0.15, -0.1) is 11.6 Å². The molecule has 1 amide bonds.